The smallest absolute Gasteiger partial charge is 0.306 e. The molecule has 0 aliphatic carbocycles. The number of hydrogen-bond donors (Lipinski definition) is 3. The summed E-state index contributed by atoms with van der Waals surface area (Å²) in [5, 5.41) is 21.7. The predicted molar refractivity (Wildman–Crippen MR) is 76.8 cm³/mol. The number of methoxy groups -OCH3 is 1. The lowest BCUT2D eigenvalue weighted by Gasteiger charge is -2.17. The first-order chi connectivity index (χ1) is 9.47. The first-order valence-electron chi connectivity index (χ1n) is 7.18. The van der Waals surface area contributed by atoms with Gasteiger partial charge in [0.25, 0.3) is 0 Å². The van der Waals surface area contributed by atoms with Gasteiger partial charge in [-0.05, 0) is 19.8 Å². The highest BCUT2D eigenvalue weighted by atomic mass is 16.5. The summed E-state index contributed by atoms with van der Waals surface area (Å²) >= 11 is 0. The lowest BCUT2D eigenvalue weighted by Crippen LogP contribution is -2.36. The SMILES string of the molecule is COCCOCC(O)CNC(C)CCCC(C)C(=O)O. The Bertz CT molecular complexity index is 250. The summed E-state index contributed by atoms with van der Waals surface area (Å²) in [6.45, 7) is 5.53. The van der Waals surface area contributed by atoms with Gasteiger partial charge in [-0.1, -0.05) is 13.3 Å². The average molecular weight is 291 g/mol. The van der Waals surface area contributed by atoms with Crippen LogP contribution in [0.5, 0.6) is 0 Å². The van der Waals surface area contributed by atoms with E-state index in [1.807, 2.05) is 6.92 Å². The molecule has 0 aromatic carbocycles. The van der Waals surface area contributed by atoms with Crippen molar-refractivity contribution in [2.24, 2.45) is 5.92 Å². The molecule has 6 nitrogen and oxygen atoms in total. The minimum absolute atomic E-state index is 0.254. The van der Waals surface area contributed by atoms with Gasteiger partial charge >= 0.3 is 5.97 Å². The Labute approximate surface area is 121 Å². The van der Waals surface area contributed by atoms with Crippen molar-refractivity contribution in [3.63, 3.8) is 0 Å². The fourth-order valence-corrected chi connectivity index (χ4v) is 1.71. The maximum atomic E-state index is 10.7. The quantitative estimate of drug-likeness (QED) is 0.437. The number of carboxylic acid groups (broad SMARTS) is 1. The zero-order chi connectivity index (χ0) is 15.4. The Morgan fingerprint density at radius 1 is 1.25 bits per heavy atom. The number of rotatable bonds is 13. The minimum Gasteiger partial charge on any atom is -0.481 e. The molecule has 0 heterocycles. The van der Waals surface area contributed by atoms with Crippen molar-refractivity contribution >= 4 is 5.97 Å². The Hall–Kier alpha value is -0.690. The van der Waals surface area contributed by atoms with Gasteiger partial charge in [0.2, 0.25) is 0 Å². The highest BCUT2D eigenvalue weighted by molar-refractivity contribution is 5.69. The fraction of sp³-hybridized carbons (Fsp3) is 0.929. The third kappa shape index (κ3) is 11.2. The first-order valence-corrected chi connectivity index (χ1v) is 7.18. The molecule has 0 saturated heterocycles. The van der Waals surface area contributed by atoms with Gasteiger partial charge in [0.05, 0.1) is 31.8 Å². The van der Waals surface area contributed by atoms with Crippen LogP contribution in [0.15, 0.2) is 0 Å². The second-order valence-electron chi connectivity index (χ2n) is 5.20. The molecule has 0 aliphatic heterocycles. The van der Waals surface area contributed by atoms with Crippen LogP contribution in [0, 0.1) is 5.92 Å². The maximum absolute atomic E-state index is 10.7. The lowest BCUT2D eigenvalue weighted by molar-refractivity contribution is -0.141. The van der Waals surface area contributed by atoms with E-state index < -0.39 is 12.1 Å². The molecule has 0 aromatic rings. The highest BCUT2D eigenvalue weighted by Gasteiger charge is 2.12. The molecule has 3 atom stereocenters. The van der Waals surface area contributed by atoms with Gasteiger partial charge in [-0.15, -0.1) is 0 Å². The van der Waals surface area contributed by atoms with Crippen LogP contribution in [0.25, 0.3) is 0 Å². The molecule has 0 saturated carbocycles. The van der Waals surface area contributed by atoms with Gasteiger partial charge in [-0.2, -0.15) is 0 Å². The summed E-state index contributed by atoms with van der Waals surface area (Å²) in [5.41, 5.74) is 0. The number of carboxylic acids is 1. The van der Waals surface area contributed by atoms with Crippen molar-refractivity contribution in [2.45, 2.75) is 45.3 Å². The van der Waals surface area contributed by atoms with Crippen LogP contribution in [-0.2, 0) is 14.3 Å². The molecule has 120 valence electrons. The van der Waals surface area contributed by atoms with Crippen LogP contribution in [0.2, 0.25) is 0 Å². The number of nitrogens with one attached hydrogen (secondary N) is 1. The summed E-state index contributed by atoms with van der Waals surface area (Å²) in [5.74, 6) is -1.03. The molecular weight excluding hydrogens is 262 g/mol. The third-order valence-corrected chi connectivity index (χ3v) is 3.14. The number of ether oxygens (including phenoxy) is 2. The molecule has 0 radical (unpaired) electrons. The molecule has 0 rings (SSSR count). The molecule has 3 unspecified atom stereocenters. The number of aliphatic hydroxyl groups is 1. The molecule has 3 N–H and O–H groups in total. The van der Waals surface area contributed by atoms with Crippen molar-refractivity contribution in [1.29, 1.82) is 0 Å². The number of carbonyl (C=O) groups is 1. The van der Waals surface area contributed by atoms with Gasteiger partial charge in [0, 0.05) is 19.7 Å². The van der Waals surface area contributed by atoms with E-state index in [1.54, 1.807) is 14.0 Å². The van der Waals surface area contributed by atoms with Gasteiger partial charge in [-0.25, -0.2) is 0 Å². The van der Waals surface area contributed by atoms with Crippen molar-refractivity contribution in [2.75, 3.05) is 33.5 Å². The van der Waals surface area contributed by atoms with Crippen molar-refractivity contribution in [3.8, 4) is 0 Å². The average Bonchev–Trinajstić information content (AvgIpc) is 2.41. The zero-order valence-corrected chi connectivity index (χ0v) is 12.8. The van der Waals surface area contributed by atoms with E-state index >= 15 is 0 Å². The molecular formula is C14H29NO5. The number of aliphatic carboxylic acids is 1. The highest BCUT2D eigenvalue weighted by Crippen LogP contribution is 2.09. The zero-order valence-electron chi connectivity index (χ0n) is 12.8. The molecule has 0 amide bonds. The van der Waals surface area contributed by atoms with Gasteiger partial charge in [0.15, 0.2) is 0 Å². The Balaban J connectivity index is 3.51. The summed E-state index contributed by atoms with van der Waals surface area (Å²) in [6.07, 6.45) is 1.91. The van der Waals surface area contributed by atoms with E-state index in [0.717, 1.165) is 12.8 Å². The molecule has 0 aliphatic rings. The largest absolute Gasteiger partial charge is 0.481 e. The van der Waals surface area contributed by atoms with Crippen LogP contribution < -0.4 is 5.32 Å². The van der Waals surface area contributed by atoms with Crippen molar-refractivity contribution in [3.05, 3.63) is 0 Å². The Morgan fingerprint density at radius 3 is 2.55 bits per heavy atom. The second kappa shape index (κ2) is 12.1. The number of aliphatic hydroxyl groups excluding tert-OH is 1. The van der Waals surface area contributed by atoms with E-state index in [9.17, 15) is 9.90 Å². The molecule has 0 fully saturated rings. The third-order valence-electron chi connectivity index (χ3n) is 3.14. The molecule has 6 heteroatoms. The minimum atomic E-state index is -0.741. The lowest BCUT2D eigenvalue weighted by atomic mass is 10.0. The van der Waals surface area contributed by atoms with Crippen LogP contribution in [-0.4, -0.2) is 61.8 Å². The van der Waals surface area contributed by atoms with Crippen LogP contribution in [0.3, 0.4) is 0 Å². The summed E-state index contributed by atoms with van der Waals surface area (Å²) in [7, 11) is 1.61. The second-order valence-corrected chi connectivity index (χ2v) is 5.20. The summed E-state index contributed by atoms with van der Waals surface area (Å²) in [6, 6.07) is 0.254. The van der Waals surface area contributed by atoms with E-state index in [0.29, 0.717) is 32.8 Å². The fourth-order valence-electron chi connectivity index (χ4n) is 1.71. The predicted octanol–water partition coefficient (Wildman–Crippen LogP) is 0.879. The molecule has 0 aromatic heterocycles. The van der Waals surface area contributed by atoms with Crippen molar-refractivity contribution in [1.82, 2.24) is 5.32 Å². The standard InChI is InChI=1S/C14H29NO5/c1-11(14(17)18)5-4-6-12(2)15-9-13(16)10-20-8-7-19-3/h11-13,15-16H,4-10H2,1-3H3,(H,17,18). The molecule has 0 spiro atoms. The molecule has 0 bridgehead atoms. The van der Waals surface area contributed by atoms with E-state index in [-0.39, 0.29) is 12.0 Å². The van der Waals surface area contributed by atoms with Crippen LogP contribution in [0.1, 0.15) is 33.1 Å². The first kappa shape index (κ1) is 19.3. The van der Waals surface area contributed by atoms with E-state index in [2.05, 4.69) is 5.32 Å². The van der Waals surface area contributed by atoms with E-state index in [4.69, 9.17) is 14.6 Å². The van der Waals surface area contributed by atoms with E-state index in [1.165, 1.54) is 0 Å². The summed E-state index contributed by atoms with van der Waals surface area (Å²) in [4.78, 5) is 10.7. The van der Waals surface area contributed by atoms with Gasteiger partial charge in [0.1, 0.15) is 0 Å². The topological polar surface area (TPSA) is 88.0 Å². The molecule has 20 heavy (non-hydrogen) atoms. The van der Waals surface area contributed by atoms with Gasteiger partial charge in [-0.3, -0.25) is 4.79 Å². The van der Waals surface area contributed by atoms with Crippen molar-refractivity contribution < 1.29 is 24.5 Å². The number of hydrogen-bond acceptors (Lipinski definition) is 5. The maximum Gasteiger partial charge on any atom is 0.306 e. The summed E-state index contributed by atoms with van der Waals surface area (Å²) < 4.78 is 10.1. The monoisotopic (exact) mass is 291 g/mol. The Kier molecular flexibility index (Phi) is 11.7. The van der Waals surface area contributed by atoms with Gasteiger partial charge < -0.3 is 25.0 Å². The normalized spacial score (nSPS) is 15.8. The van der Waals surface area contributed by atoms with Crippen LogP contribution >= 0.6 is 0 Å². The Morgan fingerprint density at radius 2 is 1.95 bits per heavy atom. The van der Waals surface area contributed by atoms with Crippen LogP contribution in [0.4, 0.5) is 0 Å².